The number of H-pyrrole nitrogens is 1. The van der Waals surface area contributed by atoms with Gasteiger partial charge < -0.3 is 20.4 Å². The summed E-state index contributed by atoms with van der Waals surface area (Å²) in [4.78, 5) is 16.8. The molecule has 0 aliphatic heterocycles. The molecule has 18 heavy (non-hydrogen) atoms. The Morgan fingerprint density at radius 3 is 2.94 bits per heavy atom. The minimum absolute atomic E-state index is 0.0670. The standard InChI is InChI=1S/C13H17N3O2/c1-16(6-7-18-2)13(17)11-8-9-4-3-5-10(14)12(9)15-11/h3-5,8,15H,6-7,14H2,1-2H3. The van der Waals surface area contributed by atoms with Crippen molar-refractivity contribution in [1.82, 2.24) is 9.88 Å². The van der Waals surface area contributed by atoms with E-state index in [1.54, 1.807) is 19.1 Å². The Morgan fingerprint density at radius 2 is 2.28 bits per heavy atom. The molecule has 1 aromatic carbocycles. The number of carbonyl (C=O) groups excluding carboxylic acids is 1. The molecule has 2 rings (SSSR count). The number of nitrogens with zero attached hydrogens (tertiary/aromatic N) is 1. The van der Waals surface area contributed by atoms with Gasteiger partial charge in [0.15, 0.2) is 0 Å². The number of ether oxygens (including phenoxy) is 1. The number of benzene rings is 1. The summed E-state index contributed by atoms with van der Waals surface area (Å²) in [5.41, 5.74) is 7.84. The number of nitrogens with one attached hydrogen (secondary N) is 1. The molecule has 2 aromatic rings. The van der Waals surface area contributed by atoms with E-state index in [-0.39, 0.29) is 5.91 Å². The third-order valence-corrected chi connectivity index (χ3v) is 2.90. The number of likely N-dealkylation sites (N-methyl/N-ethyl adjacent to an activating group) is 1. The molecule has 0 atom stereocenters. The molecule has 3 N–H and O–H groups in total. The number of anilines is 1. The zero-order chi connectivity index (χ0) is 13.1. The minimum Gasteiger partial charge on any atom is -0.397 e. The third-order valence-electron chi connectivity index (χ3n) is 2.90. The maximum atomic E-state index is 12.1. The van der Waals surface area contributed by atoms with Gasteiger partial charge in [-0.3, -0.25) is 4.79 Å². The van der Waals surface area contributed by atoms with Crippen molar-refractivity contribution < 1.29 is 9.53 Å². The second kappa shape index (κ2) is 5.10. The lowest BCUT2D eigenvalue weighted by molar-refractivity contribution is 0.0739. The first kappa shape index (κ1) is 12.4. The number of aromatic nitrogens is 1. The largest absolute Gasteiger partial charge is 0.397 e. The van der Waals surface area contributed by atoms with Crippen LogP contribution in [-0.2, 0) is 4.74 Å². The Kier molecular flexibility index (Phi) is 3.53. The van der Waals surface area contributed by atoms with Crippen molar-refractivity contribution in [1.29, 1.82) is 0 Å². The van der Waals surface area contributed by atoms with Crippen molar-refractivity contribution in [2.24, 2.45) is 0 Å². The van der Waals surface area contributed by atoms with Gasteiger partial charge in [-0.2, -0.15) is 0 Å². The van der Waals surface area contributed by atoms with Gasteiger partial charge in [-0.25, -0.2) is 0 Å². The molecule has 1 aromatic heterocycles. The number of hydrogen-bond donors (Lipinski definition) is 2. The third kappa shape index (κ3) is 2.31. The lowest BCUT2D eigenvalue weighted by atomic mass is 10.2. The lowest BCUT2D eigenvalue weighted by Gasteiger charge is -2.15. The van der Waals surface area contributed by atoms with Crippen LogP contribution >= 0.6 is 0 Å². The molecule has 96 valence electrons. The van der Waals surface area contributed by atoms with Crippen LogP contribution in [0.1, 0.15) is 10.5 Å². The molecule has 0 spiro atoms. The van der Waals surface area contributed by atoms with E-state index < -0.39 is 0 Å². The maximum Gasteiger partial charge on any atom is 0.270 e. The van der Waals surface area contributed by atoms with Crippen molar-refractivity contribution in [3.8, 4) is 0 Å². The van der Waals surface area contributed by atoms with Gasteiger partial charge in [0.2, 0.25) is 0 Å². The van der Waals surface area contributed by atoms with Crippen LogP contribution in [0.5, 0.6) is 0 Å². The van der Waals surface area contributed by atoms with Crippen LogP contribution in [-0.4, -0.2) is 43.1 Å². The molecule has 5 nitrogen and oxygen atoms in total. The number of amides is 1. The highest BCUT2D eigenvalue weighted by Gasteiger charge is 2.14. The average Bonchev–Trinajstić information content (AvgIpc) is 2.80. The topological polar surface area (TPSA) is 71.3 Å². The van der Waals surface area contributed by atoms with E-state index in [0.29, 0.717) is 24.5 Å². The summed E-state index contributed by atoms with van der Waals surface area (Å²) in [5, 5.41) is 0.943. The number of methoxy groups -OCH3 is 1. The fourth-order valence-corrected chi connectivity index (χ4v) is 1.83. The van der Waals surface area contributed by atoms with E-state index in [2.05, 4.69) is 4.98 Å². The number of carbonyl (C=O) groups is 1. The summed E-state index contributed by atoms with van der Waals surface area (Å²) in [7, 11) is 3.36. The molecule has 0 saturated heterocycles. The number of fused-ring (bicyclic) bond motifs is 1. The molecule has 0 fully saturated rings. The van der Waals surface area contributed by atoms with Crippen LogP contribution < -0.4 is 5.73 Å². The van der Waals surface area contributed by atoms with Crippen molar-refractivity contribution in [2.75, 3.05) is 33.0 Å². The molecule has 0 aliphatic rings. The van der Waals surface area contributed by atoms with Crippen LogP contribution in [0.4, 0.5) is 5.69 Å². The van der Waals surface area contributed by atoms with Gasteiger partial charge in [-0.05, 0) is 12.1 Å². The zero-order valence-corrected chi connectivity index (χ0v) is 10.6. The Hall–Kier alpha value is -2.01. The van der Waals surface area contributed by atoms with Crippen LogP contribution in [0.3, 0.4) is 0 Å². The summed E-state index contributed by atoms with van der Waals surface area (Å²) >= 11 is 0. The molecule has 0 aliphatic carbocycles. The number of aromatic amines is 1. The Labute approximate surface area is 106 Å². The number of hydrogen-bond acceptors (Lipinski definition) is 3. The molecule has 0 radical (unpaired) electrons. The number of nitrogens with two attached hydrogens (primary N) is 1. The van der Waals surface area contributed by atoms with Gasteiger partial charge in [-0.15, -0.1) is 0 Å². The highest BCUT2D eigenvalue weighted by atomic mass is 16.5. The van der Waals surface area contributed by atoms with E-state index in [0.717, 1.165) is 10.9 Å². The number of para-hydroxylation sites is 1. The van der Waals surface area contributed by atoms with E-state index in [9.17, 15) is 4.79 Å². The monoisotopic (exact) mass is 247 g/mol. The van der Waals surface area contributed by atoms with Gasteiger partial charge in [0.25, 0.3) is 5.91 Å². The molecule has 0 saturated carbocycles. The molecule has 5 heteroatoms. The van der Waals surface area contributed by atoms with Gasteiger partial charge in [0, 0.05) is 26.1 Å². The van der Waals surface area contributed by atoms with Gasteiger partial charge >= 0.3 is 0 Å². The maximum absolute atomic E-state index is 12.1. The smallest absolute Gasteiger partial charge is 0.270 e. The van der Waals surface area contributed by atoms with Crippen molar-refractivity contribution in [3.63, 3.8) is 0 Å². The summed E-state index contributed by atoms with van der Waals surface area (Å²) < 4.78 is 4.95. The van der Waals surface area contributed by atoms with Gasteiger partial charge in [-0.1, -0.05) is 12.1 Å². The fourth-order valence-electron chi connectivity index (χ4n) is 1.83. The lowest BCUT2D eigenvalue weighted by Crippen LogP contribution is -2.30. The molecule has 0 bridgehead atoms. The first-order valence-electron chi connectivity index (χ1n) is 5.75. The van der Waals surface area contributed by atoms with Crippen molar-refractivity contribution >= 4 is 22.5 Å². The van der Waals surface area contributed by atoms with Crippen LogP contribution in [0.25, 0.3) is 10.9 Å². The zero-order valence-electron chi connectivity index (χ0n) is 10.6. The Bertz CT molecular complexity index is 562. The van der Waals surface area contributed by atoms with Crippen molar-refractivity contribution in [2.45, 2.75) is 0 Å². The molecule has 1 heterocycles. The normalized spacial score (nSPS) is 10.8. The molecular formula is C13H17N3O2. The second-order valence-electron chi connectivity index (χ2n) is 4.21. The predicted molar refractivity (Wildman–Crippen MR) is 71.5 cm³/mol. The Balaban J connectivity index is 2.25. The predicted octanol–water partition coefficient (Wildman–Crippen LogP) is 1.47. The van der Waals surface area contributed by atoms with E-state index >= 15 is 0 Å². The molecule has 1 amide bonds. The highest BCUT2D eigenvalue weighted by Crippen LogP contribution is 2.21. The summed E-state index contributed by atoms with van der Waals surface area (Å²) in [6.45, 7) is 1.07. The van der Waals surface area contributed by atoms with Crippen LogP contribution in [0.15, 0.2) is 24.3 Å². The second-order valence-corrected chi connectivity index (χ2v) is 4.21. The number of nitrogen functional groups attached to an aromatic ring is 1. The molecular weight excluding hydrogens is 230 g/mol. The SMILES string of the molecule is COCCN(C)C(=O)c1cc2cccc(N)c2[nH]1. The van der Waals surface area contributed by atoms with Gasteiger partial charge in [0.05, 0.1) is 17.8 Å². The van der Waals surface area contributed by atoms with E-state index in [1.807, 2.05) is 24.3 Å². The highest BCUT2D eigenvalue weighted by molar-refractivity contribution is 6.00. The minimum atomic E-state index is -0.0670. The van der Waals surface area contributed by atoms with Crippen molar-refractivity contribution in [3.05, 3.63) is 30.0 Å². The Morgan fingerprint density at radius 1 is 1.50 bits per heavy atom. The first-order valence-corrected chi connectivity index (χ1v) is 5.75. The van der Waals surface area contributed by atoms with Gasteiger partial charge in [0.1, 0.15) is 5.69 Å². The van der Waals surface area contributed by atoms with E-state index in [4.69, 9.17) is 10.5 Å². The van der Waals surface area contributed by atoms with Crippen LogP contribution in [0, 0.1) is 0 Å². The summed E-state index contributed by atoms with van der Waals surface area (Å²) in [6, 6.07) is 7.42. The van der Waals surface area contributed by atoms with Crippen LogP contribution in [0.2, 0.25) is 0 Å². The quantitative estimate of drug-likeness (QED) is 0.804. The number of rotatable bonds is 4. The first-order chi connectivity index (χ1) is 8.63. The average molecular weight is 247 g/mol. The fraction of sp³-hybridized carbons (Fsp3) is 0.308. The van der Waals surface area contributed by atoms with E-state index in [1.165, 1.54) is 0 Å². The molecule has 0 unspecified atom stereocenters. The summed E-state index contributed by atoms with van der Waals surface area (Å²) in [5.74, 6) is -0.0670. The summed E-state index contributed by atoms with van der Waals surface area (Å²) in [6.07, 6.45) is 0.